The maximum Gasteiger partial charge on any atom is 0.327 e. The maximum absolute atomic E-state index is 12.3. The van der Waals surface area contributed by atoms with Crippen LogP contribution < -0.4 is 5.32 Å². The van der Waals surface area contributed by atoms with Gasteiger partial charge in [-0.2, -0.15) is 0 Å². The van der Waals surface area contributed by atoms with Gasteiger partial charge in [0.25, 0.3) is 0 Å². The van der Waals surface area contributed by atoms with E-state index in [4.69, 9.17) is 4.74 Å². The molecule has 2 fully saturated rings. The van der Waals surface area contributed by atoms with Crippen molar-refractivity contribution in [1.82, 2.24) is 5.32 Å². The first kappa shape index (κ1) is 13.8. The van der Waals surface area contributed by atoms with Crippen LogP contribution in [0.25, 0.3) is 0 Å². The van der Waals surface area contributed by atoms with Crippen LogP contribution in [0, 0.1) is 0 Å². The zero-order valence-electron chi connectivity index (χ0n) is 10.8. The molecule has 1 N–H and O–H groups in total. The van der Waals surface area contributed by atoms with Gasteiger partial charge in [0.1, 0.15) is 5.54 Å². The van der Waals surface area contributed by atoms with Crippen LogP contribution in [0.15, 0.2) is 0 Å². The van der Waals surface area contributed by atoms with Crippen molar-refractivity contribution in [3.63, 3.8) is 0 Å². The number of methoxy groups -OCH3 is 1. The summed E-state index contributed by atoms with van der Waals surface area (Å²) in [7, 11) is -1.87. The third kappa shape index (κ3) is 2.28. The third-order valence-electron chi connectivity index (χ3n) is 4.12. The summed E-state index contributed by atoms with van der Waals surface area (Å²) < 4.78 is 29.4. The predicted octanol–water partition coefficient (Wildman–Crippen LogP) is 0.639. The van der Waals surface area contributed by atoms with Gasteiger partial charge in [0.15, 0.2) is 9.84 Å². The Morgan fingerprint density at radius 3 is 2.61 bits per heavy atom. The molecule has 0 radical (unpaired) electrons. The molecular formula is C12H21NO4S. The molecule has 2 aliphatic heterocycles. The van der Waals surface area contributed by atoms with Crippen LogP contribution in [0.4, 0.5) is 0 Å². The fraction of sp³-hybridized carbons (Fsp3) is 0.917. The van der Waals surface area contributed by atoms with Gasteiger partial charge < -0.3 is 10.1 Å². The topological polar surface area (TPSA) is 72.5 Å². The van der Waals surface area contributed by atoms with Crippen molar-refractivity contribution >= 4 is 15.8 Å². The number of nitrogens with one attached hydrogen (secondary N) is 1. The monoisotopic (exact) mass is 275 g/mol. The molecule has 5 nitrogen and oxygen atoms in total. The van der Waals surface area contributed by atoms with Crippen LogP contribution in [0.1, 0.15) is 38.5 Å². The van der Waals surface area contributed by atoms with E-state index in [-0.39, 0.29) is 5.75 Å². The zero-order chi connectivity index (χ0) is 13.2. The Morgan fingerprint density at radius 1 is 1.28 bits per heavy atom. The van der Waals surface area contributed by atoms with Crippen LogP contribution in [-0.4, -0.2) is 44.6 Å². The number of carbonyl (C=O) groups is 1. The van der Waals surface area contributed by atoms with Crippen molar-refractivity contribution in [2.75, 3.05) is 19.4 Å². The van der Waals surface area contributed by atoms with Gasteiger partial charge in [0.2, 0.25) is 0 Å². The summed E-state index contributed by atoms with van der Waals surface area (Å²) in [6.45, 7) is 0.682. The minimum absolute atomic E-state index is 0.193. The number of ether oxygens (including phenoxy) is 1. The number of hydrogen-bond donors (Lipinski definition) is 1. The maximum atomic E-state index is 12.3. The molecule has 2 atom stereocenters. The summed E-state index contributed by atoms with van der Waals surface area (Å²) in [6, 6.07) is 0. The van der Waals surface area contributed by atoms with E-state index in [9.17, 15) is 13.2 Å². The summed E-state index contributed by atoms with van der Waals surface area (Å²) in [5.74, 6) is -0.226. The normalized spacial score (nSPS) is 35.9. The molecule has 18 heavy (non-hydrogen) atoms. The van der Waals surface area contributed by atoms with Crippen molar-refractivity contribution in [2.45, 2.75) is 49.3 Å². The molecule has 0 saturated carbocycles. The fourth-order valence-electron chi connectivity index (χ4n) is 3.20. The van der Waals surface area contributed by atoms with E-state index in [1.807, 2.05) is 0 Å². The zero-order valence-corrected chi connectivity index (χ0v) is 11.6. The predicted molar refractivity (Wildman–Crippen MR) is 68.0 cm³/mol. The molecule has 0 spiro atoms. The lowest BCUT2D eigenvalue weighted by molar-refractivity contribution is -0.150. The second-order valence-corrected chi connectivity index (χ2v) is 7.50. The molecule has 0 amide bonds. The Bertz CT molecular complexity index is 412. The van der Waals surface area contributed by atoms with Gasteiger partial charge in [0, 0.05) is 0 Å². The van der Waals surface area contributed by atoms with E-state index in [0.29, 0.717) is 25.8 Å². The molecule has 2 aliphatic rings. The second kappa shape index (κ2) is 5.17. The highest BCUT2D eigenvalue weighted by Gasteiger charge is 2.53. The SMILES string of the molecule is COC(=O)C1(C2CCCCS2(=O)=O)CCCCN1. The lowest BCUT2D eigenvalue weighted by atomic mass is 9.83. The highest BCUT2D eigenvalue weighted by molar-refractivity contribution is 7.92. The number of sulfone groups is 1. The molecule has 0 aromatic heterocycles. The van der Waals surface area contributed by atoms with Crippen molar-refractivity contribution < 1.29 is 17.9 Å². The lowest BCUT2D eigenvalue weighted by Gasteiger charge is -2.42. The highest BCUT2D eigenvalue weighted by atomic mass is 32.2. The Kier molecular flexibility index (Phi) is 3.96. The molecule has 0 aliphatic carbocycles. The number of esters is 1. The van der Waals surface area contributed by atoms with Gasteiger partial charge in [0.05, 0.1) is 18.1 Å². The quantitative estimate of drug-likeness (QED) is 0.749. The Labute approximate surface area is 108 Å². The molecule has 2 saturated heterocycles. The molecule has 2 rings (SSSR count). The molecule has 2 heterocycles. The highest BCUT2D eigenvalue weighted by Crippen LogP contribution is 2.35. The average molecular weight is 275 g/mol. The van der Waals surface area contributed by atoms with Crippen molar-refractivity contribution in [3.05, 3.63) is 0 Å². The Morgan fingerprint density at radius 2 is 2.06 bits per heavy atom. The number of rotatable bonds is 2. The minimum atomic E-state index is -3.20. The van der Waals surface area contributed by atoms with Gasteiger partial charge in [-0.3, -0.25) is 4.79 Å². The van der Waals surface area contributed by atoms with Crippen molar-refractivity contribution in [2.24, 2.45) is 0 Å². The van der Waals surface area contributed by atoms with Gasteiger partial charge in [-0.05, 0) is 38.6 Å². The van der Waals surface area contributed by atoms with Gasteiger partial charge >= 0.3 is 5.97 Å². The van der Waals surface area contributed by atoms with Crippen LogP contribution in [0.2, 0.25) is 0 Å². The van der Waals surface area contributed by atoms with Crippen LogP contribution in [0.5, 0.6) is 0 Å². The summed E-state index contributed by atoms with van der Waals surface area (Å²) in [4.78, 5) is 12.1. The largest absolute Gasteiger partial charge is 0.468 e. The van der Waals surface area contributed by atoms with Gasteiger partial charge in [-0.15, -0.1) is 0 Å². The first-order chi connectivity index (χ1) is 8.53. The molecule has 6 heteroatoms. The first-order valence-corrected chi connectivity index (χ1v) is 8.29. The molecule has 2 unspecified atom stereocenters. The van der Waals surface area contributed by atoms with Crippen molar-refractivity contribution in [3.8, 4) is 0 Å². The van der Waals surface area contributed by atoms with Crippen molar-refractivity contribution in [1.29, 1.82) is 0 Å². The molecule has 104 valence electrons. The molecule has 0 aromatic carbocycles. The van der Waals surface area contributed by atoms with E-state index in [0.717, 1.165) is 19.3 Å². The van der Waals surface area contributed by atoms with E-state index >= 15 is 0 Å². The first-order valence-electron chi connectivity index (χ1n) is 6.58. The van der Waals surface area contributed by atoms with E-state index in [1.165, 1.54) is 7.11 Å². The van der Waals surface area contributed by atoms with E-state index in [2.05, 4.69) is 5.32 Å². The van der Waals surface area contributed by atoms with E-state index < -0.39 is 26.6 Å². The van der Waals surface area contributed by atoms with Crippen LogP contribution in [0.3, 0.4) is 0 Å². The Hall–Kier alpha value is -0.620. The summed E-state index contributed by atoms with van der Waals surface area (Å²) in [5.41, 5.74) is -1.01. The lowest BCUT2D eigenvalue weighted by Crippen LogP contribution is -2.65. The summed E-state index contributed by atoms with van der Waals surface area (Å²) >= 11 is 0. The number of carbonyl (C=O) groups excluding carboxylic acids is 1. The minimum Gasteiger partial charge on any atom is -0.468 e. The van der Waals surface area contributed by atoms with Gasteiger partial charge in [-0.25, -0.2) is 8.42 Å². The van der Waals surface area contributed by atoms with Crippen LogP contribution in [-0.2, 0) is 19.4 Å². The number of piperidine rings is 1. The smallest absolute Gasteiger partial charge is 0.327 e. The fourth-order valence-corrected chi connectivity index (χ4v) is 5.53. The van der Waals surface area contributed by atoms with Crippen LogP contribution >= 0.6 is 0 Å². The summed E-state index contributed by atoms with van der Waals surface area (Å²) in [6.07, 6.45) is 4.54. The Balaban J connectivity index is 2.36. The molecule has 0 aromatic rings. The molecular weight excluding hydrogens is 254 g/mol. The number of hydrogen-bond acceptors (Lipinski definition) is 5. The average Bonchev–Trinajstić information content (AvgIpc) is 2.38. The van der Waals surface area contributed by atoms with E-state index in [1.54, 1.807) is 0 Å². The summed E-state index contributed by atoms with van der Waals surface area (Å²) in [5, 5.41) is 2.54. The molecule has 0 bridgehead atoms. The third-order valence-corrected chi connectivity index (χ3v) is 6.48. The second-order valence-electron chi connectivity index (χ2n) is 5.20. The van der Waals surface area contributed by atoms with Gasteiger partial charge in [-0.1, -0.05) is 6.42 Å². The standard InChI is InChI=1S/C12H21NO4S/c1-17-11(14)12(7-3-4-8-13-12)10-6-2-5-9-18(10,15)16/h10,13H,2-9H2,1H3.